The normalized spacial score (nSPS) is 13.5. The molecule has 2 N–H and O–H groups in total. The maximum atomic E-state index is 13.5. The van der Waals surface area contributed by atoms with Gasteiger partial charge in [-0.1, -0.05) is 58.5 Å². The molecule has 13 heteroatoms. The number of halogens is 7. The van der Waals surface area contributed by atoms with E-state index in [1.54, 1.807) is 6.07 Å². The lowest BCUT2D eigenvalue weighted by Crippen LogP contribution is -2.34. The summed E-state index contributed by atoms with van der Waals surface area (Å²) >= 11 is 22.3. The van der Waals surface area contributed by atoms with Gasteiger partial charge in [0.1, 0.15) is 10.8 Å². The Labute approximate surface area is 184 Å². The van der Waals surface area contributed by atoms with Crippen molar-refractivity contribution in [1.82, 2.24) is 5.32 Å². The zero-order valence-corrected chi connectivity index (χ0v) is 17.7. The Bertz CT molecular complexity index is 992. The molecule has 5 nitrogen and oxygen atoms in total. The van der Waals surface area contributed by atoms with Crippen molar-refractivity contribution in [3.8, 4) is 0 Å². The highest BCUT2D eigenvalue weighted by Gasteiger charge is 2.47. The van der Waals surface area contributed by atoms with Crippen LogP contribution in [0.25, 0.3) is 0 Å². The molecular weight excluding hydrogens is 499 g/mol. The third-order valence-corrected chi connectivity index (χ3v) is 6.51. The molecule has 0 radical (unpaired) electrons. The Hall–Kier alpha value is -1.52. The van der Waals surface area contributed by atoms with E-state index in [1.165, 1.54) is 18.2 Å². The summed E-state index contributed by atoms with van der Waals surface area (Å²) in [6.45, 7) is 0. The second-order valence-corrected chi connectivity index (χ2v) is 8.33. The van der Waals surface area contributed by atoms with Crippen molar-refractivity contribution < 1.29 is 27.0 Å². The lowest BCUT2D eigenvalue weighted by atomic mass is 10.2. The average Bonchev–Trinajstić information content (AvgIpc) is 2.65. The number of hydrogen-bond donors (Lipinski definition) is 2. The summed E-state index contributed by atoms with van der Waals surface area (Å²) in [6, 6.07) is 6.77. The van der Waals surface area contributed by atoms with Gasteiger partial charge in [-0.2, -0.15) is 8.78 Å². The molecule has 29 heavy (non-hydrogen) atoms. The van der Waals surface area contributed by atoms with Crippen LogP contribution in [0.15, 0.2) is 41.3 Å². The summed E-state index contributed by atoms with van der Waals surface area (Å²) in [4.78, 5) is 23.4. The molecular formula is C16H9Cl4F3N2O3S. The Balaban J connectivity index is 2.19. The fraction of sp³-hybridized carbons (Fsp3) is 0.125. The fourth-order valence-corrected chi connectivity index (χ4v) is 3.99. The first kappa shape index (κ1) is 23.8. The van der Waals surface area contributed by atoms with E-state index in [2.05, 4.69) is 5.32 Å². The van der Waals surface area contributed by atoms with Crippen LogP contribution in [0.3, 0.4) is 0 Å². The molecule has 0 fully saturated rings. The van der Waals surface area contributed by atoms with E-state index in [9.17, 15) is 27.0 Å². The van der Waals surface area contributed by atoms with E-state index in [-0.39, 0.29) is 16.3 Å². The zero-order chi connectivity index (χ0) is 21.9. The number of urea groups is 1. The van der Waals surface area contributed by atoms with Gasteiger partial charge in [0.2, 0.25) is 5.63 Å². The van der Waals surface area contributed by atoms with E-state index in [0.29, 0.717) is 0 Å². The van der Waals surface area contributed by atoms with Crippen molar-refractivity contribution >= 4 is 74.8 Å². The first-order chi connectivity index (χ1) is 13.5. The standard InChI is InChI=1S/C16H9Cl4F3N2O3S/c17-8-4-2-1-3-7(8)13(26)25-15(27)24-9-5-6-10(12(19)11(9)18)29(28)16(22,23)14(20)21/h1-6,14H,(H2,24,25,26,27). The number of hydrogen-bond acceptors (Lipinski definition) is 3. The maximum absolute atomic E-state index is 13.5. The molecule has 2 aromatic carbocycles. The van der Waals surface area contributed by atoms with Gasteiger partial charge in [-0.15, -0.1) is 0 Å². The minimum Gasteiger partial charge on any atom is -0.306 e. The maximum Gasteiger partial charge on any atom is 0.369 e. The molecule has 156 valence electrons. The molecule has 3 amide bonds. The van der Waals surface area contributed by atoms with Gasteiger partial charge in [0.25, 0.3) is 5.91 Å². The summed E-state index contributed by atoms with van der Waals surface area (Å²) in [5, 5.41) is -1.22. The quantitative estimate of drug-likeness (QED) is 0.499. The molecule has 0 saturated heterocycles. The van der Waals surface area contributed by atoms with Crippen LogP contribution in [-0.2, 0) is 10.8 Å². The predicted molar refractivity (Wildman–Crippen MR) is 107 cm³/mol. The van der Waals surface area contributed by atoms with Crippen molar-refractivity contribution in [2.24, 2.45) is 0 Å². The number of amides is 3. The van der Waals surface area contributed by atoms with Gasteiger partial charge in [0, 0.05) is 0 Å². The van der Waals surface area contributed by atoms with E-state index >= 15 is 0 Å². The Morgan fingerprint density at radius 3 is 2.24 bits per heavy atom. The summed E-state index contributed by atoms with van der Waals surface area (Å²) in [5.41, 5.74) is -3.38. The van der Waals surface area contributed by atoms with Crippen LogP contribution in [-0.4, -0.2) is 27.0 Å². The van der Waals surface area contributed by atoms with Gasteiger partial charge >= 0.3 is 11.3 Å². The minimum atomic E-state index is -4.43. The summed E-state index contributed by atoms with van der Waals surface area (Å²) < 4.78 is 51.8. The largest absolute Gasteiger partial charge is 0.369 e. The number of imide groups is 1. The van der Waals surface area contributed by atoms with Crippen LogP contribution in [0.1, 0.15) is 10.4 Å². The lowest BCUT2D eigenvalue weighted by Gasteiger charge is -2.17. The fourth-order valence-electron chi connectivity index (χ4n) is 1.97. The van der Waals surface area contributed by atoms with E-state index in [4.69, 9.17) is 46.4 Å². The molecule has 0 heterocycles. The van der Waals surface area contributed by atoms with Crippen molar-refractivity contribution in [3.05, 3.63) is 57.0 Å². The van der Waals surface area contributed by atoms with E-state index < -0.39 is 48.6 Å². The molecule has 0 bridgehead atoms. The Morgan fingerprint density at radius 2 is 1.66 bits per heavy atom. The second kappa shape index (κ2) is 9.53. The van der Waals surface area contributed by atoms with Gasteiger partial charge in [-0.3, -0.25) is 10.1 Å². The molecule has 0 aliphatic carbocycles. The van der Waals surface area contributed by atoms with Gasteiger partial charge in [0.05, 0.1) is 31.2 Å². The van der Waals surface area contributed by atoms with Gasteiger partial charge in [-0.05, 0) is 24.3 Å². The molecule has 0 aliphatic heterocycles. The number of alkyl halides is 4. The lowest BCUT2D eigenvalue weighted by molar-refractivity contribution is 0.0479. The highest BCUT2D eigenvalue weighted by atomic mass is 35.5. The molecule has 2 unspecified atom stereocenters. The van der Waals surface area contributed by atoms with Crippen LogP contribution < -0.4 is 10.6 Å². The Kier molecular flexibility index (Phi) is 7.80. The highest BCUT2D eigenvalue weighted by molar-refractivity contribution is 7.86. The van der Waals surface area contributed by atoms with Crippen LogP contribution in [0.2, 0.25) is 15.1 Å². The van der Waals surface area contributed by atoms with Crippen molar-refractivity contribution in [2.45, 2.75) is 15.8 Å². The van der Waals surface area contributed by atoms with Crippen LogP contribution in [0.5, 0.6) is 0 Å². The third kappa shape index (κ3) is 5.35. The molecule has 0 spiro atoms. The average molecular weight is 508 g/mol. The number of nitrogens with one attached hydrogen (secondary N) is 2. The molecule has 0 aliphatic rings. The topological polar surface area (TPSA) is 75.3 Å². The third-order valence-electron chi connectivity index (χ3n) is 3.34. The number of carbonyl (C=O) groups is 2. The highest BCUT2D eigenvalue weighted by Crippen LogP contribution is 2.40. The molecule has 2 aromatic rings. The molecule has 2 rings (SSSR count). The first-order valence-electron chi connectivity index (χ1n) is 7.39. The predicted octanol–water partition coefficient (Wildman–Crippen LogP) is 5.84. The Morgan fingerprint density at radius 1 is 1.03 bits per heavy atom. The smallest absolute Gasteiger partial charge is 0.306 e. The number of benzene rings is 2. The van der Waals surface area contributed by atoms with E-state index in [1.807, 2.05) is 5.32 Å². The number of carbonyl (C=O) groups excluding carboxylic acids is 2. The molecule has 0 saturated carbocycles. The zero-order valence-electron chi connectivity index (χ0n) is 13.8. The summed E-state index contributed by atoms with van der Waals surface area (Å²) in [6.07, 6.45) is 0. The van der Waals surface area contributed by atoms with Crippen molar-refractivity contribution in [1.29, 1.82) is 0 Å². The van der Waals surface area contributed by atoms with Crippen molar-refractivity contribution in [3.63, 3.8) is 0 Å². The number of anilines is 1. The van der Waals surface area contributed by atoms with Crippen LogP contribution in [0, 0.1) is 0 Å². The number of rotatable bonds is 5. The van der Waals surface area contributed by atoms with E-state index in [0.717, 1.165) is 12.1 Å². The monoisotopic (exact) mass is 506 g/mol. The SMILES string of the molecule is O=C(NC(=O)c1ccccc1Cl)Nc1ccc(S(=O)C(F)(F)C(F)Cl)c(Cl)c1Cl. The second-order valence-electron chi connectivity index (χ2n) is 5.26. The van der Waals surface area contributed by atoms with Gasteiger partial charge in [-0.25, -0.2) is 13.4 Å². The summed E-state index contributed by atoms with van der Waals surface area (Å²) in [7, 11) is -3.26. The molecule has 2 atom stereocenters. The van der Waals surface area contributed by atoms with Crippen LogP contribution >= 0.6 is 46.4 Å². The summed E-state index contributed by atoms with van der Waals surface area (Å²) in [5.74, 6) is -0.816. The molecule has 0 aromatic heterocycles. The van der Waals surface area contributed by atoms with Gasteiger partial charge < -0.3 is 5.32 Å². The minimum absolute atomic E-state index is 0.0308. The van der Waals surface area contributed by atoms with Crippen molar-refractivity contribution in [2.75, 3.05) is 5.32 Å². The first-order valence-corrected chi connectivity index (χ1v) is 10.1. The van der Waals surface area contributed by atoms with Gasteiger partial charge in [0.15, 0.2) is 0 Å². The van der Waals surface area contributed by atoms with Crippen LogP contribution in [0.4, 0.5) is 23.7 Å².